The summed E-state index contributed by atoms with van der Waals surface area (Å²) in [4.78, 5) is 0. The Balaban J connectivity index is 1.15. The van der Waals surface area contributed by atoms with E-state index in [4.69, 9.17) is 0 Å². The van der Waals surface area contributed by atoms with Crippen LogP contribution >= 0.6 is 0 Å². The van der Waals surface area contributed by atoms with Gasteiger partial charge in [0, 0.05) is 0 Å². The minimum absolute atomic E-state index is 0.412. The van der Waals surface area contributed by atoms with Crippen LogP contribution in [0.25, 0.3) is 55.6 Å². The molecule has 0 amide bonds. The average Bonchev–Trinajstić information content (AvgIpc) is 3.49. The SMILES string of the molecule is c1ccc(-c2cccc(-c3cccc(-c4cccc(-c5ccc6c(c5)C(c5ccccc5)(c5ccccc5)c5ccccc5-6)c4)c3)c2)cc1. The first kappa shape index (κ1) is 28.9. The highest BCUT2D eigenvalue weighted by molar-refractivity contribution is 5.89. The number of hydrogen-bond donors (Lipinski definition) is 0. The molecule has 0 spiro atoms. The van der Waals surface area contributed by atoms with Crippen LogP contribution in [0.1, 0.15) is 22.3 Å². The van der Waals surface area contributed by atoms with Gasteiger partial charge in [0.15, 0.2) is 0 Å². The minimum Gasteiger partial charge on any atom is -0.0622 e. The Hall–Kier alpha value is -6.24. The number of benzene rings is 8. The van der Waals surface area contributed by atoms with Crippen LogP contribution in [0.4, 0.5) is 0 Å². The summed E-state index contributed by atoms with van der Waals surface area (Å²) in [5, 5.41) is 0. The smallest absolute Gasteiger partial charge is 0.0622 e. The van der Waals surface area contributed by atoms with Crippen molar-refractivity contribution in [2.45, 2.75) is 5.41 Å². The van der Waals surface area contributed by atoms with Gasteiger partial charge in [0.2, 0.25) is 0 Å². The van der Waals surface area contributed by atoms with Crippen molar-refractivity contribution >= 4 is 0 Å². The molecule has 0 aromatic heterocycles. The van der Waals surface area contributed by atoms with Gasteiger partial charge < -0.3 is 0 Å². The summed E-state index contributed by atoms with van der Waals surface area (Å²) in [6.07, 6.45) is 0. The molecule has 0 nitrogen and oxygen atoms in total. The van der Waals surface area contributed by atoms with Crippen molar-refractivity contribution in [2.24, 2.45) is 0 Å². The summed E-state index contributed by atoms with van der Waals surface area (Å²) in [5.74, 6) is 0. The maximum atomic E-state index is 2.44. The first-order valence-corrected chi connectivity index (χ1v) is 17.0. The van der Waals surface area contributed by atoms with Crippen LogP contribution in [-0.4, -0.2) is 0 Å². The third kappa shape index (κ3) is 4.93. The Morgan fingerprint density at radius 3 is 1.10 bits per heavy atom. The van der Waals surface area contributed by atoms with E-state index in [1.807, 2.05) is 0 Å². The van der Waals surface area contributed by atoms with Gasteiger partial charge in [-0.05, 0) is 102 Å². The quantitative estimate of drug-likeness (QED) is 0.173. The molecule has 0 saturated heterocycles. The molecule has 0 radical (unpaired) electrons. The Morgan fingerprint density at radius 2 is 0.592 bits per heavy atom. The zero-order valence-electron chi connectivity index (χ0n) is 27.1. The van der Waals surface area contributed by atoms with Gasteiger partial charge >= 0.3 is 0 Å². The summed E-state index contributed by atoms with van der Waals surface area (Å²) in [6, 6.07) is 75.4. The zero-order chi connectivity index (χ0) is 32.6. The average molecular weight is 623 g/mol. The molecule has 1 aliphatic rings. The largest absolute Gasteiger partial charge is 0.0713 e. The van der Waals surface area contributed by atoms with E-state index in [2.05, 4.69) is 206 Å². The van der Waals surface area contributed by atoms with E-state index in [1.54, 1.807) is 0 Å². The summed E-state index contributed by atoms with van der Waals surface area (Å²) in [7, 11) is 0. The van der Waals surface area contributed by atoms with Crippen LogP contribution in [-0.2, 0) is 5.41 Å². The standard InChI is InChI=1S/C49H34/c1-4-15-35(16-5-1)36-17-12-18-37(31-36)38-19-13-20-39(32-38)40-21-14-22-41(33-40)42-29-30-46-45-27-10-11-28-47(45)49(48(46)34-42,43-23-6-2-7-24-43)44-25-8-3-9-26-44/h1-34H. The van der Waals surface area contributed by atoms with Crippen LogP contribution in [0, 0.1) is 0 Å². The van der Waals surface area contributed by atoms with Gasteiger partial charge in [-0.2, -0.15) is 0 Å². The van der Waals surface area contributed by atoms with Crippen LogP contribution < -0.4 is 0 Å². The first-order chi connectivity index (χ1) is 24.3. The van der Waals surface area contributed by atoms with E-state index in [1.165, 1.54) is 77.9 Å². The highest BCUT2D eigenvalue weighted by Crippen LogP contribution is 2.56. The fourth-order valence-corrected chi connectivity index (χ4v) is 7.89. The van der Waals surface area contributed by atoms with Crippen molar-refractivity contribution in [3.8, 4) is 55.6 Å². The Morgan fingerprint density at radius 1 is 0.224 bits per heavy atom. The van der Waals surface area contributed by atoms with E-state index < -0.39 is 5.41 Å². The fraction of sp³-hybridized carbons (Fsp3) is 0.0204. The van der Waals surface area contributed by atoms with Gasteiger partial charge in [0.25, 0.3) is 0 Å². The molecule has 49 heavy (non-hydrogen) atoms. The van der Waals surface area contributed by atoms with Gasteiger partial charge in [0.1, 0.15) is 0 Å². The van der Waals surface area contributed by atoms with Crippen LogP contribution in [0.2, 0.25) is 0 Å². The van der Waals surface area contributed by atoms with Gasteiger partial charge in [-0.15, -0.1) is 0 Å². The zero-order valence-corrected chi connectivity index (χ0v) is 27.1. The topological polar surface area (TPSA) is 0 Å². The second-order valence-corrected chi connectivity index (χ2v) is 12.9. The predicted molar refractivity (Wildman–Crippen MR) is 205 cm³/mol. The van der Waals surface area contributed by atoms with Crippen molar-refractivity contribution in [1.29, 1.82) is 0 Å². The van der Waals surface area contributed by atoms with Crippen molar-refractivity contribution in [1.82, 2.24) is 0 Å². The van der Waals surface area contributed by atoms with Gasteiger partial charge in [0.05, 0.1) is 5.41 Å². The molecule has 0 atom stereocenters. The van der Waals surface area contributed by atoms with Gasteiger partial charge in [-0.1, -0.05) is 182 Å². The van der Waals surface area contributed by atoms with Crippen molar-refractivity contribution in [2.75, 3.05) is 0 Å². The van der Waals surface area contributed by atoms with E-state index in [-0.39, 0.29) is 0 Å². The number of fused-ring (bicyclic) bond motifs is 3. The predicted octanol–water partition coefficient (Wildman–Crippen LogP) is 12.7. The first-order valence-electron chi connectivity index (χ1n) is 17.0. The summed E-state index contributed by atoms with van der Waals surface area (Å²) in [6.45, 7) is 0. The molecule has 8 aromatic carbocycles. The maximum Gasteiger partial charge on any atom is 0.0713 e. The second-order valence-electron chi connectivity index (χ2n) is 12.9. The fourth-order valence-electron chi connectivity index (χ4n) is 7.89. The molecule has 0 unspecified atom stereocenters. The van der Waals surface area contributed by atoms with E-state index in [9.17, 15) is 0 Å². The molecule has 1 aliphatic carbocycles. The Labute approximate surface area is 288 Å². The molecular weight excluding hydrogens is 589 g/mol. The van der Waals surface area contributed by atoms with Crippen LogP contribution in [0.3, 0.4) is 0 Å². The molecular formula is C49H34. The van der Waals surface area contributed by atoms with Crippen LogP contribution in [0.15, 0.2) is 206 Å². The maximum absolute atomic E-state index is 2.44. The van der Waals surface area contributed by atoms with Crippen LogP contribution in [0.5, 0.6) is 0 Å². The summed E-state index contributed by atoms with van der Waals surface area (Å²) < 4.78 is 0. The Bertz CT molecular complexity index is 2380. The molecule has 0 heteroatoms. The van der Waals surface area contributed by atoms with E-state index in [0.717, 1.165) is 0 Å². The van der Waals surface area contributed by atoms with Gasteiger partial charge in [-0.25, -0.2) is 0 Å². The summed E-state index contributed by atoms with van der Waals surface area (Å²) >= 11 is 0. The normalized spacial score (nSPS) is 12.7. The number of rotatable bonds is 6. The number of hydrogen-bond acceptors (Lipinski definition) is 0. The summed E-state index contributed by atoms with van der Waals surface area (Å²) in [5.41, 5.74) is 17.2. The highest BCUT2D eigenvalue weighted by atomic mass is 14.5. The Kier molecular flexibility index (Phi) is 7.14. The lowest BCUT2D eigenvalue weighted by Gasteiger charge is -2.34. The van der Waals surface area contributed by atoms with E-state index >= 15 is 0 Å². The second kappa shape index (κ2) is 12.1. The van der Waals surface area contributed by atoms with Crippen molar-refractivity contribution in [3.05, 3.63) is 229 Å². The van der Waals surface area contributed by atoms with E-state index in [0.29, 0.717) is 0 Å². The van der Waals surface area contributed by atoms with Crippen molar-refractivity contribution < 1.29 is 0 Å². The highest BCUT2D eigenvalue weighted by Gasteiger charge is 2.46. The molecule has 8 aromatic rings. The molecule has 0 bridgehead atoms. The molecule has 0 heterocycles. The molecule has 0 fully saturated rings. The molecule has 9 rings (SSSR count). The minimum atomic E-state index is -0.412. The lowest BCUT2D eigenvalue weighted by atomic mass is 9.67. The molecule has 230 valence electrons. The molecule has 0 aliphatic heterocycles. The molecule has 0 N–H and O–H groups in total. The monoisotopic (exact) mass is 622 g/mol. The third-order valence-electron chi connectivity index (χ3n) is 10.2. The molecule has 0 saturated carbocycles. The lowest BCUT2D eigenvalue weighted by Crippen LogP contribution is -2.28. The van der Waals surface area contributed by atoms with Crippen molar-refractivity contribution in [3.63, 3.8) is 0 Å². The third-order valence-corrected chi connectivity index (χ3v) is 10.2. The lowest BCUT2D eigenvalue weighted by molar-refractivity contribution is 0.769. The van der Waals surface area contributed by atoms with Gasteiger partial charge in [-0.3, -0.25) is 0 Å².